The first-order valence-electron chi connectivity index (χ1n) is 7.70. The third-order valence-corrected chi connectivity index (χ3v) is 3.72. The Hall–Kier alpha value is -2.89. The van der Waals surface area contributed by atoms with Crippen molar-refractivity contribution in [1.29, 1.82) is 0 Å². The van der Waals surface area contributed by atoms with Gasteiger partial charge in [-0.1, -0.05) is 12.1 Å². The summed E-state index contributed by atoms with van der Waals surface area (Å²) in [5.41, 5.74) is 2.81. The van der Waals surface area contributed by atoms with Crippen molar-refractivity contribution in [2.75, 3.05) is 11.9 Å². The Morgan fingerprint density at radius 1 is 1.17 bits per heavy atom. The molecule has 1 N–H and O–H groups in total. The Morgan fingerprint density at radius 3 is 2.54 bits per heavy atom. The topological polar surface area (TPSA) is 81.5 Å². The van der Waals surface area contributed by atoms with Gasteiger partial charge in [0.1, 0.15) is 5.75 Å². The van der Waals surface area contributed by atoms with Crippen LogP contribution in [0.2, 0.25) is 0 Å². The minimum Gasteiger partial charge on any atom is -0.493 e. The van der Waals surface area contributed by atoms with Crippen molar-refractivity contribution in [3.8, 4) is 5.75 Å². The number of amides is 1. The van der Waals surface area contributed by atoms with Crippen LogP contribution in [0.15, 0.2) is 42.5 Å². The van der Waals surface area contributed by atoms with Crippen LogP contribution < -0.4 is 10.1 Å². The molecule has 2 rings (SSSR count). The molecule has 0 bridgehead atoms. The second kappa shape index (κ2) is 8.10. The van der Waals surface area contributed by atoms with Crippen LogP contribution in [0.1, 0.15) is 24.0 Å². The summed E-state index contributed by atoms with van der Waals surface area (Å²) in [6.07, 6.45) is 0.911. The van der Waals surface area contributed by atoms with Gasteiger partial charge in [0.15, 0.2) is 0 Å². The Labute approximate surface area is 140 Å². The highest BCUT2D eigenvalue weighted by atomic mass is 16.6. The predicted octanol–water partition coefficient (Wildman–Crippen LogP) is 4.01. The Balaban J connectivity index is 1.75. The molecule has 0 saturated carbocycles. The van der Waals surface area contributed by atoms with Crippen LogP contribution in [0.4, 0.5) is 11.4 Å². The lowest BCUT2D eigenvalue weighted by Crippen LogP contribution is -2.13. The van der Waals surface area contributed by atoms with Gasteiger partial charge in [0.25, 0.3) is 5.69 Å². The van der Waals surface area contributed by atoms with Gasteiger partial charge in [-0.3, -0.25) is 14.9 Å². The zero-order valence-electron chi connectivity index (χ0n) is 13.7. The number of nitro groups is 1. The van der Waals surface area contributed by atoms with E-state index in [1.807, 2.05) is 32.0 Å². The summed E-state index contributed by atoms with van der Waals surface area (Å²) in [6, 6.07) is 11.6. The molecule has 0 aliphatic heterocycles. The fraction of sp³-hybridized carbons (Fsp3) is 0.278. The maximum Gasteiger partial charge on any atom is 0.269 e. The molecular formula is C18H20N2O4. The van der Waals surface area contributed by atoms with Gasteiger partial charge in [0.05, 0.1) is 11.5 Å². The quantitative estimate of drug-likeness (QED) is 0.473. The van der Waals surface area contributed by atoms with Gasteiger partial charge in [-0.15, -0.1) is 0 Å². The number of ether oxygens (including phenoxy) is 1. The summed E-state index contributed by atoms with van der Waals surface area (Å²) < 4.78 is 5.71. The minimum atomic E-state index is -0.476. The van der Waals surface area contributed by atoms with E-state index in [2.05, 4.69) is 5.32 Å². The minimum absolute atomic E-state index is 0.00470. The van der Waals surface area contributed by atoms with Crippen LogP contribution >= 0.6 is 0 Å². The van der Waals surface area contributed by atoms with E-state index < -0.39 is 4.92 Å². The van der Waals surface area contributed by atoms with Crippen molar-refractivity contribution >= 4 is 17.3 Å². The van der Waals surface area contributed by atoms with Crippen molar-refractivity contribution in [3.63, 3.8) is 0 Å². The van der Waals surface area contributed by atoms with Gasteiger partial charge in [-0.25, -0.2) is 0 Å². The van der Waals surface area contributed by atoms with E-state index in [9.17, 15) is 14.9 Å². The number of anilines is 1. The number of nitrogens with one attached hydrogen (secondary N) is 1. The molecule has 24 heavy (non-hydrogen) atoms. The number of aryl methyl sites for hydroxylation is 1. The molecule has 0 spiro atoms. The number of carbonyl (C=O) groups is 1. The second-order valence-corrected chi connectivity index (χ2v) is 5.50. The number of rotatable bonds is 7. The fourth-order valence-electron chi connectivity index (χ4n) is 2.19. The van der Waals surface area contributed by atoms with Gasteiger partial charge in [0.2, 0.25) is 5.91 Å². The number of nitrogens with zero attached hydrogens (tertiary/aromatic N) is 1. The summed E-state index contributed by atoms with van der Waals surface area (Å²) in [7, 11) is 0. The van der Waals surface area contributed by atoms with Crippen LogP contribution in [0.5, 0.6) is 5.75 Å². The van der Waals surface area contributed by atoms with E-state index in [0.29, 0.717) is 25.1 Å². The molecule has 6 nitrogen and oxygen atoms in total. The van der Waals surface area contributed by atoms with Crippen LogP contribution in [-0.4, -0.2) is 17.4 Å². The highest BCUT2D eigenvalue weighted by Gasteiger charge is 2.07. The first-order chi connectivity index (χ1) is 11.5. The Bertz CT molecular complexity index is 726. The summed E-state index contributed by atoms with van der Waals surface area (Å²) in [4.78, 5) is 22.0. The maximum absolute atomic E-state index is 11.9. The first-order valence-corrected chi connectivity index (χ1v) is 7.70. The average molecular weight is 328 g/mol. The molecule has 0 atom stereocenters. The number of nitro benzene ring substituents is 1. The van der Waals surface area contributed by atoms with E-state index in [1.165, 1.54) is 29.8 Å². The number of carbonyl (C=O) groups excluding carboxylic acids is 1. The van der Waals surface area contributed by atoms with Gasteiger partial charge in [0, 0.05) is 24.2 Å². The molecule has 0 heterocycles. The fourth-order valence-corrected chi connectivity index (χ4v) is 2.19. The van der Waals surface area contributed by atoms with Gasteiger partial charge < -0.3 is 10.1 Å². The SMILES string of the molecule is Cc1cccc(OCCCC(=O)Nc2ccc([N+](=O)[O-])cc2)c1C. The number of hydrogen-bond acceptors (Lipinski definition) is 4. The standard InChI is InChI=1S/C18H20N2O4/c1-13-5-3-6-17(14(13)2)24-12-4-7-18(21)19-15-8-10-16(11-9-15)20(22)23/h3,5-6,8-11H,4,7,12H2,1-2H3,(H,19,21). The third kappa shape index (κ3) is 4.81. The van der Waals surface area contributed by atoms with Crippen molar-refractivity contribution < 1.29 is 14.5 Å². The van der Waals surface area contributed by atoms with Crippen molar-refractivity contribution in [2.45, 2.75) is 26.7 Å². The van der Waals surface area contributed by atoms with Gasteiger partial charge in [-0.2, -0.15) is 0 Å². The summed E-state index contributed by atoms with van der Waals surface area (Å²) in [6.45, 7) is 4.49. The van der Waals surface area contributed by atoms with E-state index >= 15 is 0 Å². The van der Waals surface area contributed by atoms with E-state index in [0.717, 1.165) is 11.3 Å². The van der Waals surface area contributed by atoms with Crippen molar-refractivity contribution in [3.05, 3.63) is 63.7 Å². The molecular weight excluding hydrogens is 308 g/mol. The average Bonchev–Trinajstić information content (AvgIpc) is 2.55. The Kier molecular flexibility index (Phi) is 5.89. The molecule has 1 amide bonds. The zero-order valence-corrected chi connectivity index (χ0v) is 13.7. The van der Waals surface area contributed by atoms with E-state index in [-0.39, 0.29) is 11.6 Å². The van der Waals surface area contributed by atoms with Gasteiger partial charge in [-0.05, 0) is 49.6 Å². The monoisotopic (exact) mass is 328 g/mol. The highest BCUT2D eigenvalue weighted by molar-refractivity contribution is 5.90. The Morgan fingerprint density at radius 2 is 1.88 bits per heavy atom. The van der Waals surface area contributed by atoms with Crippen LogP contribution in [0.3, 0.4) is 0 Å². The molecule has 0 aliphatic rings. The third-order valence-electron chi connectivity index (χ3n) is 3.72. The summed E-state index contributed by atoms with van der Waals surface area (Å²) in [5.74, 6) is 0.694. The summed E-state index contributed by atoms with van der Waals surface area (Å²) >= 11 is 0. The van der Waals surface area contributed by atoms with Crippen molar-refractivity contribution in [2.24, 2.45) is 0 Å². The van der Waals surface area contributed by atoms with E-state index in [4.69, 9.17) is 4.74 Å². The molecule has 0 unspecified atom stereocenters. The van der Waals surface area contributed by atoms with Crippen LogP contribution in [0.25, 0.3) is 0 Å². The maximum atomic E-state index is 11.9. The summed E-state index contributed by atoms with van der Waals surface area (Å²) in [5, 5.41) is 13.3. The van der Waals surface area contributed by atoms with Crippen LogP contribution in [0, 0.1) is 24.0 Å². The van der Waals surface area contributed by atoms with Gasteiger partial charge >= 0.3 is 0 Å². The molecule has 0 fully saturated rings. The first kappa shape index (κ1) is 17.5. The number of hydrogen-bond donors (Lipinski definition) is 1. The van der Waals surface area contributed by atoms with E-state index in [1.54, 1.807) is 0 Å². The second-order valence-electron chi connectivity index (χ2n) is 5.50. The predicted molar refractivity (Wildman–Crippen MR) is 92.4 cm³/mol. The largest absolute Gasteiger partial charge is 0.493 e. The molecule has 0 aromatic heterocycles. The lowest BCUT2D eigenvalue weighted by atomic mass is 10.1. The molecule has 0 saturated heterocycles. The lowest BCUT2D eigenvalue weighted by Gasteiger charge is -2.10. The molecule has 0 radical (unpaired) electrons. The lowest BCUT2D eigenvalue weighted by molar-refractivity contribution is -0.384. The zero-order chi connectivity index (χ0) is 17.5. The smallest absolute Gasteiger partial charge is 0.269 e. The molecule has 0 aliphatic carbocycles. The molecule has 2 aromatic carbocycles. The molecule has 2 aromatic rings. The van der Waals surface area contributed by atoms with Crippen molar-refractivity contribution in [1.82, 2.24) is 0 Å². The van der Waals surface area contributed by atoms with Crippen LogP contribution in [-0.2, 0) is 4.79 Å². The number of non-ortho nitro benzene ring substituents is 1. The normalized spacial score (nSPS) is 10.2. The molecule has 126 valence electrons. The highest BCUT2D eigenvalue weighted by Crippen LogP contribution is 2.21. The number of benzene rings is 2. The molecule has 6 heteroatoms.